The molecule has 2 rings (SSSR count). The lowest BCUT2D eigenvalue weighted by Crippen LogP contribution is -2.28. The smallest absolute Gasteiger partial charge is 0.314 e. The molecule has 0 bridgehead atoms. The Kier molecular flexibility index (Phi) is 2.00. The first kappa shape index (κ1) is 9.71. The van der Waals surface area contributed by atoms with E-state index in [2.05, 4.69) is 0 Å². The van der Waals surface area contributed by atoms with Gasteiger partial charge in [0.2, 0.25) is 5.91 Å². The first-order valence-electron chi connectivity index (χ1n) is 4.67. The topological polar surface area (TPSA) is 80.4 Å². The predicted molar refractivity (Wildman–Crippen MR) is 53.1 cm³/mol. The number of amides is 1. The van der Waals surface area contributed by atoms with E-state index in [1.165, 1.54) is 0 Å². The normalized spacial score (nSPS) is 28.4. The first-order chi connectivity index (χ1) is 7.09. The summed E-state index contributed by atoms with van der Waals surface area (Å²) in [5, 5.41) is 9.17. The molecule has 4 heteroatoms. The first-order valence-corrected chi connectivity index (χ1v) is 4.67. The van der Waals surface area contributed by atoms with Crippen molar-refractivity contribution in [3.8, 4) is 0 Å². The Morgan fingerprint density at radius 3 is 2.33 bits per heavy atom. The highest BCUT2D eigenvalue weighted by Crippen LogP contribution is 2.54. The molecule has 78 valence electrons. The molecule has 1 amide bonds. The largest absolute Gasteiger partial charge is 0.481 e. The van der Waals surface area contributed by atoms with Gasteiger partial charge in [0.25, 0.3) is 0 Å². The summed E-state index contributed by atoms with van der Waals surface area (Å²) in [5.74, 6) is -2.09. The minimum atomic E-state index is -1.08. The third-order valence-corrected chi connectivity index (χ3v) is 2.97. The van der Waals surface area contributed by atoms with Crippen LogP contribution in [0.15, 0.2) is 30.3 Å². The van der Waals surface area contributed by atoms with E-state index in [0.29, 0.717) is 12.0 Å². The molecule has 1 aliphatic carbocycles. The highest BCUT2D eigenvalue weighted by Gasteiger charge is 2.64. The maximum Gasteiger partial charge on any atom is 0.314 e. The number of carboxylic acid groups (broad SMARTS) is 1. The number of carbonyl (C=O) groups is 2. The maximum absolute atomic E-state index is 11.2. The summed E-state index contributed by atoms with van der Waals surface area (Å²) in [5.41, 5.74) is 4.72. The number of carbonyl (C=O) groups excluding carboxylic acids is 1. The quantitative estimate of drug-likeness (QED) is 0.754. The molecule has 3 N–H and O–H groups in total. The zero-order valence-electron chi connectivity index (χ0n) is 8.01. The van der Waals surface area contributed by atoms with Gasteiger partial charge in [-0.1, -0.05) is 30.3 Å². The number of rotatable bonds is 3. The third-order valence-electron chi connectivity index (χ3n) is 2.97. The summed E-state index contributed by atoms with van der Waals surface area (Å²) in [6.45, 7) is 0. The van der Waals surface area contributed by atoms with E-state index in [0.717, 1.165) is 0 Å². The van der Waals surface area contributed by atoms with Crippen molar-refractivity contribution in [2.45, 2.75) is 11.8 Å². The van der Waals surface area contributed by atoms with Crippen LogP contribution >= 0.6 is 0 Å². The number of nitrogens with two attached hydrogens (primary N) is 1. The second kappa shape index (κ2) is 3.08. The molecule has 0 radical (unpaired) electrons. The number of benzene rings is 1. The predicted octanol–water partition coefficient (Wildman–Crippen LogP) is 0.514. The fourth-order valence-corrected chi connectivity index (χ4v) is 2.02. The van der Waals surface area contributed by atoms with Crippen LogP contribution in [0.25, 0.3) is 0 Å². The lowest BCUT2D eigenvalue weighted by atomic mass is 9.93. The molecule has 1 aromatic carbocycles. The van der Waals surface area contributed by atoms with E-state index in [9.17, 15) is 9.59 Å². The summed E-state index contributed by atoms with van der Waals surface area (Å²) in [6, 6.07) is 8.77. The molecule has 0 aliphatic heterocycles. The molecule has 1 fully saturated rings. The molecule has 0 saturated heterocycles. The van der Waals surface area contributed by atoms with Gasteiger partial charge in [-0.05, 0) is 12.0 Å². The molecular formula is C11H11NO3. The molecule has 0 spiro atoms. The minimum Gasteiger partial charge on any atom is -0.481 e. The van der Waals surface area contributed by atoms with Gasteiger partial charge in [-0.15, -0.1) is 0 Å². The van der Waals surface area contributed by atoms with Crippen molar-refractivity contribution in [2.75, 3.05) is 0 Å². The Hall–Kier alpha value is -1.84. The van der Waals surface area contributed by atoms with Crippen molar-refractivity contribution in [3.63, 3.8) is 0 Å². The van der Waals surface area contributed by atoms with Crippen LogP contribution in [0.5, 0.6) is 0 Å². The van der Waals surface area contributed by atoms with E-state index in [1.807, 2.05) is 0 Å². The summed E-state index contributed by atoms with van der Waals surface area (Å²) < 4.78 is 0. The molecule has 0 unspecified atom stereocenters. The van der Waals surface area contributed by atoms with E-state index in [4.69, 9.17) is 10.8 Å². The third kappa shape index (κ3) is 1.29. The Labute approximate surface area is 86.7 Å². The van der Waals surface area contributed by atoms with Gasteiger partial charge in [-0.3, -0.25) is 9.59 Å². The van der Waals surface area contributed by atoms with E-state index in [-0.39, 0.29) is 0 Å². The van der Waals surface area contributed by atoms with Crippen LogP contribution in [0.4, 0.5) is 0 Å². The summed E-state index contributed by atoms with van der Waals surface area (Å²) in [4.78, 5) is 22.2. The maximum atomic E-state index is 11.2. The van der Waals surface area contributed by atoms with Gasteiger partial charge in [-0.25, -0.2) is 0 Å². The van der Waals surface area contributed by atoms with Crippen LogP contribution in [0.2, 0.25) is 0 Å². The summed E-state index contributed by atoms with van der Waals surface area (Å²) in [7, 11) is 0. The summed E-state index contributed by atoms with van der Waals surface area (Å²) >= 11 is 0. The van der Waals surface area contributed by atoms with Crippen molar-refractivity contribution in [1.82, 2.24) is 0 Å². The second-order valence-electron chi connectivity index (χ2n) is 3.80. The lowest BCUT2D eigenvalue weighted by Gasteiger charge is -2.11. The number of aliphatic carboxylic acids is 1. The van der Waals surface area contributed by atoms with E-state index >= 15 is 0 Å². The molecule has 1 aromatic rings. The number of hydrogen-bond donors (Lipinski definition) is 2. The average Bonchev–Trinajstić information content (AvgIpc) is 2.95. The SMILES string of the molecule is NC(=O)[C@@H]1C[C@@]1(C(=O)O)c1ccccc1. The molecular weight excluding hydrogens is 194 g/mol. The average molecular weight is 205 g/mol. The van der Waals surface area contributed by atoms with Crippen molar-refractivity contribution >= 4 is 11.9 Å². The van der Waals surface area contributed by atoms with Crippen LogP contribution < -0.4 is 5.73 Å². The van der Waals surface area contributed by atoms with Crippen LogP contribution in [0.3, 0.4) is 0 Å². The fourth-order valence-electron chi connectivity index (χ4n) is 2.02. The number of hydrogen-bond acceptors (Lipinski definition) is 2. The molecule has 4 nitrogen and oxygen atoms in total. The number of carboxylic acids is 1. The van der Waals surface area contributed by atoms with Gasteiger partial charge in [0, 0.05) is 0 Å². The zero-order chi connectivity index (χ0) is 11.1. The number of primary amides is 1. The van der Waals surface area contributed by atoms with Crippen LogP contribution in [-0.2, 0) is 15.0 Å². The Morgan fingerprint density at radius 1 is 1.33 bits per heavy atom. The second-order valence-corrected chi connectivity index (χ2v) is 3.80. The van der Waals surface area contributed by atoms with Crippen molar-refractivity contribution in [1.29, 1.82) is 0 Å². The van der Waals surface area contributed by atoms with Crippen LogP contribution in [-0.4, -0.2) is 17.0 Å². The van der Waals surface area contributed by atoms with Crippen LogP contribution in [0.1, 0.15) is 12.0 Å². The van der Waals surface area contributed by atoms with Crippen molar-refractivity contribution in [3.05, 3.63) is 35.9 Å². The Morgan fingerprint density at radius 2 is 1.93 bits per heavy atom. The molecule has 15 heavy (non-hydrogen) atoms. The Balaban J connectivity index is 2.40. The van der Waals surface area contributed by atoms with Crippen LogP contribution in [0, 0.1) is 5.92 Å². The molecule has 2 atom stereocenters. The lowest BCUT2D eigenvalue weighted by molar-refractivity contribution is -0.141. The van der Waals surface area contributed by atoms with Crippen molar-refractivity contribution < 1.29 is 14.7 Å². The van der Waals surface area contributed by atoms with Gasteiger partial charge >= 0.3 is 5.97 Å². The van der Waals surface area contributed by atoms with Gasteiger partial charge in [-0.2, -0.15) is 0 Å². The zero-order valence-corrected chi connectivity index (χ0v) is 8.01. The fraction of sp³-hybridized carbons (Fsp3) is 0.273. The molecule has 0 heterocycles. The monoisotopic (exact) mass is 205 g/mol. The summed E-state index contributed by atoms with van der Waals surface area (Å²) in [6.07, 6.45) is 0.307. The van der Waals surface area contributed by atoms with Gasteiger partial charge in [0.05, 0.1) is 5.92 Å². The highest BCUT2D eigenvalue weighted by molar-refractivity contribution is 5.96. The van der Waals surface area contributed by atoms with Gasteiger partial charge < -0.3 is 10.8 Å². The van der Waals surface area contributed by atoms with E-state index < -0.39 is 23.2 Å². The molecule has 1 saturated carbocycles. The highest BCUT2D eigenvalue weighted by atomic mass is 16.4. The minimum absolute atomic E-state index is 0.307. The molecule has 1 aliphatic rings. The van der Waals surface area contributed by atoms with Crippen molar-refractivity contribution in [2.24, 2.45) is 11.7 Å². The Bertz CT molecular complexity index is 415. The van der Waals surface area contributed by atoms with Gasteiger partial charge in [0.15, 0.2) is 0 Å². The standard InChI is InChI=1S/C11H11NO3/c12-9(13)8-6-11(8,10(14)15)7-4-2-1-3-5-7/h1-5,8H,6H2,(H2,12,13)(H,14,15)/t8-,11+/m0/s1. The molecule has 0 aromatic heterocycles. The van der Waals surface area contributed by atoms with Gasteiger partial charge in [0.1, 0.15) is 5.41 Å². The van der Waals surface area contributed by atoms with E-state index in [1.54, 1.807) is 30.3 Å².